The Labute approximate surface area is 89.1 Å². The van der Waals surface area contributed by atoms with Gasteiger partial charge in [0, 0.05) is 0 Å². The summed E-state index contributed by atoms with van der Waals surface area (Å²) in [5, 5.41) is 0. The van der Waals surface area contributed by atoms with Crippen LogP contribution < -0.4 is 0 Å². The second-order valence-electron chi connectivity index (χ2n) is 4.28. The summed E-state index contributed by atoms with van der Waals surface area (Å²) in [6.07, 6.45) is 19.3. The molecule has 0 aliphatic heterocycles. The van der Waals surface area contributed by atoms with Crippen LogP contribution in [0.3, 0.4) is 0 Å². The van der Waals surface area contributed by atoms with Crippen molar-refractivity contribution >= 4 is 0 Å². The van der Waals surface area contributed by atoms with Gasteiger partial charge in [-0.05, 0) is 38.5 Å². The Morgan fingerprint density at radius 2 is 1.86 bits per heavy atom. The molecule has 1 aliphatic carbocycles. The van der Waals surface area contributed by atoms with Gasteiger partial charge in [-0.25, -0.2) is 0 Å². The Hall–Kier alpha value is -0.520. The summed E-state index contributed by atoms with van der Waals surface area (Å²) in [5.41, 5.74) is 1.58. The summed E-state index contributed by atoms with van der Waals surface area (Å²) in [5.74, 6) is 0. The van der Waals surface area contributed by atoms with E-state index in [0.717, 1.165) is 0 Å². The molecular weight excluding hydrogens is 168 g/mol. The molecule has 1 aliphatic rings. The maximum absolute atomic E-state index is 2.46. The lowest BCUT2D eigenvalue weighted by atomic mass is 10.0. The zero-order chi connectivity index (χ0) is 10.1. The third-order valence-corrected chi connectivity index (χ3v) is 2.88. The Morgan fingerprint density at radius 1 is 1.07 bits per heavy atom. The first kappa shape index (κ1) is 11.6. The number of unbranched alkanes of at least 4 members (excludes halogenated alkanes) is 1. The van der Waals surface area contributed by atoms with E-state index in [-0.39, 0.29) is 0 Å². The Bertz CT molecular complexity index is 186. The molecule has 0 radical (unpaired) electrons. The maximum Gasteiger partial charge on any atom is -0.0282 e. The van der Waals surface area contributed by atoms with Crippen LogP contribution in [0.5, 0.6) is 0 Å². The molecule has 80 valence electrons. The van der Waals surface area contributed by atoms with Crippen molar-refractivity contribution in [1.82, 2.24) is 0 Å². The lowest BCUT2D eigenvalue weighted by molar-refractivity contribution is 0.647. The Balaban J connectivity index is 2.40. The first-order chi connectivity index (χ1) is 6.93. The van der Waals surface area contributed by atoms with Gasteiger partial charge in [-0.15, -0.1) is 0 Å². The SMILES string of the molecule is CCCCC1=CCCCCCCC=C1. The fourth-order valence-corrected chi connectivity index (χ4v) is 1.92. The smallest absolute Gasteiger partial charge is 0.0282 e. The summed E-state index contributed by atoms with van der Waals surface area (Å²) in [7, 11) is 0. The van der Waals surface area contributed by atoms with Crippen molar-refractivity contribution in [2.24, 2.45) is 0 Å². The number of hydrogen-bond acceptors (Lipinski definition) is 0. The van der Waals surface area contributed by atoms with Crippen LogP contribution in [0.25, 0.3) is 0 Å². The second-order valence-corrected chi connectivity index (χ2v) is 4.28. The van der Waals surface area contributed by atoms with Gasteiger partial charge in [0.25, 0.3) is 0 Å². The van der Waals surface area contributed by atoms with E-state index in [2.05, 4.69) is 25.2 Å². The molecule has 0 spiro atoms. The van der Waals surface area contributed by atoms with Crippen molar-refractivity contribution in [2.75, 3.05) is 0 Å². The molecule has 0 saturated carbocycles. The predicted molar refractivity (Wildman–Crippen MR) is 64.5 cm³/mol. The standard InChI is InChI=1S/C14H24/c1-2-3-11-14-12-9-7-5-4-6-8-10-13-14/h9,12-13H,2-8,10-11H2,1H3. The van der Waals surface area contributed by atoms with Gasteiger partial charge in [0.2, 0.25) is 0 Å². The fourth-order valence-electron chi connectivity index (χ4n) is 1.92. The van der Waals surface area contributed by atoms with Crippen LogP contribution in [0.15, 0.2) is 23.8 Å². The minimum atomic E-state index is 1.28. The molecular formula is C14H24. The van der Waals surface area contributed by atoms with Crippen LogP contribution in [0.2, 0.25) is 0 Å². The third-order valence-electron chi connectivity index (χ3n) is 2.88. The Kier molecular flexibility index (Phi) is 6.47. The van der Waals surface area contributed by atoms with Crippen molar-refractivity contribution in [3.8, 4) is 0 Å². The predicted octanol–water partition coefficient (Wildman–Crippen LogP) is 5.01. The average Bonchev–Trinajstić information content (AvgIpc) is 2.23. The number of allylic oxidation sites excluding steroid dienone is 4. The van der Waals surface area contributed by atoms with Crippen LogP contribution in [0, 0.1) is 0 Å². The lowest BCUT2D eigenvalue weighted by Crippen LogP contribution is -1.84. The molecule has 1 rings (SSSR count). The van der Waals surface area contributed by atoms with Gasteiger partial charge in [-0.2, -0.15) is 0 Å². The van der Waals surface area contributed by atoms with Crippen LogP contribution >= 0.6 is 0 Å². The monoisotopic (exact) mass is 192 g/mol. The van der Waals surface area contributed by atoms with E-state index in [0.29, 0.717) is 0 Å². The van der Waals surface area contributed by atoms with Crippen molar-refractivity contribution in [1.29, 1.82) is 0 Å². The van der Waals surface area contributed by atoms with Crippen molar-refractivity contribution < 1.29 is 0 Å². The van der Waals surface area contributed by atoms with E-state index in [9.17, 15) is 0 Å². The highest BCUT2D eigenvalue weighted by Crippen LogP contribution is 2.15. The zero-order valence-electron chi connectivity index (χ0n) is 9.60. The molecule has 0 N–H and O–H groups in total. The van der Waals surface area contributed by atoms with Gasteiger partial charge in [0.05, 0.1) is 0 Å². The first-order valence-electron chi connectivity index (χ1n) is 6.29. The van der Waals surface area contributed by atoms with E-state index >= 15 is 0 Å². The molecule has 0 amide bonds. The molecule has 14 heavy (non-hydrogen) atoms. The van der Waals surface area contributed by atoms with Crippen LogP contribution in [-0.4, -0.2) is 0 Å². The van der Waals surface area contributed by atoms with E-state index in [1.807, 2.05) is 0 Å². The van der Waals surface area contributed by atoms with E-state index in [4.69, 9.17) is 0 Å². The Morgan fingerprint density at radius 3 is 2.64 bits per heavy atom. The summed E-state index contributed by atoms with van der Waals surface area (Å²) in [4.78, 5) is 0. The molecule has 0 unspecified atom stereocenters. The largest absolute Gasteiger partial charge is 0.0843 e. The molecule has 0 aromatic carbocycles. The molecule has 0 heterocycles. The van der Waals surface area contributed by atoms with Crippen LogP contribution in [-0.2, 0) is 0 Å². The topological polar surface area (TPSA) is 0 Å². The highest BCUT2D eigenvalue weighted by molar-refractivity contribution is 5.18. The minimum absolute atomic E-state index is 1.28. The quantitative estimate of drug-likeness (QED) is 0.589. The fraction of sp³-hybridized carbons (Fsp3) is 0.714. The highest BCUT2D eigenvalue weighted by Gasteiger charge is 1.95. The van der Waals surface area contributed by atoms with Crippen LogP contribution in [0.1, 0.15) is 64.7 Å². The molecule has 0 aromatic rings. The van der Waals surface area contributed by atoms with Crippen molar-refractivity contribution in [3.63, 3.8) is 0 Å². The molecule has 0 saturated heterocycles. The van der Waals surface area contributed by atoms with Gasteiger partial charge in [0.1, 0.15) is 0 Å². The number of rotatable bonds is 3. The lowest BCUT2D eigenvalue weighted by Gasteiger charge is -2.04. The van der Waals surface area contributed by atoms with Gasteiger partial charge >= 0.3 is 0 Å². The van der Waals surface area contributed by atoms with E-state index in [1.165, 1.54) is 57.8 Å². The summed E-state index contributed by atoms with van der Waals surface area (Å²) in [6.45, 7) is 2.27. The average molecular weight is 192 g/mol. The second kappa shape index (κ2) is 7.84. The maximum atomic E-state index is 2.46. The van der Waals surface area contributed by atoms with E-state index in [1.54, 1.807) is 5.57 Å². The van der Waals surface area contributed by atoms with Gasteiger partial charge < -0.3 is 0 Å². The third kappa shape index (κ3) is 5.26. The normalized spacial score (nSPS) is 19.1. The molecule has 0 aromatic heterocycles. The minimum Gasteiger partial charge on any atom is -0.0843 e. The van der Waals surface area contributed by atoms with Crippen molar-refractivity contribution in [3.05, 3.63) is 23.8 Å². The summed E-state index contributed by atoms with van der Waals surface area (Å²) in [6, 6.07) is 0. The van der Waals surface area contributed by atoms with Gasteiger partial charge in [0.15, 0.2) is 0 Å². The van der Waals surface area contributed by atoms with E-state index < -0.39 is 0 Å². The summed E-state index contributed by atoms with van der Waals surface area (Å²) < 4.78 is 0. The molecule has 0 fully saturated rings. The zero-order valence-corrected chi connectivity index (χ0v) is 9.60. The molecule has 0 bridgehead atoms. The molecule has 0 heteroatoms. The van der Waals surface area contributed by atoms with Crippen LogP contribution in [0.4, 0.5) is 0 Å². The van der Waals surface area contributed by atoms with Crippen molar-refractivity contribution in [2.45, 2.75) is 64.7 Å². The molecule has 0 nitrogen and oxygen atoms in total. The first-order valence-corrected chi connectivity index (χ1v) is 6.29. The van der Waals surface area contributed by atoms with Gasteiger partial charge in [-0.3, -0.25) is 0 Å². The highest BCUT2D eigenvalue weighted by atomic mass is 14.0. The van der Waals surface area contributed by atoms with Gasteiger partial charge in [-0.1, -0.05) is 50.0 Å². The number of hydrogen-bond donors (Lipinski definition) is 0. The summed E-state index contributed by atoms with van der Waals surface area (Å²) >= 11 is 0. The molecule has 0 atom stereocenters.